The smallest absolute Gasteiger partial charge is 0.123 e. The van der Waals surface area contributed by atoms with E-state index in [2.05, 4.69) is 159 Å². The van der Waals surface area contributed by atoms with Gasteiger partial charge < -0.3 is 4.90 Å². The predicted octanol–water partition coefficient (Wildman–Crippen LogP) is 11.4. The van der Waals surface area contributed by atoms with Crippen LogP contribution in [0.2, 0.25) is 12.1 Å². The van der Waals surface area contributed by atoms with Crippen LogP contribution in [0.5, 0.6) is 0 Å². The number of anilines is 3. The van der Waals surface area contributed by atoms with E-state index < -0.39 is 8.07 Å². The van der Waals surface area contributed by atoms with Crippen LogP contribution in [0.4, 0.5) is 17.1 Å². The highest BCUT2D eigenvalue weighted by atomic mass is 28.3. The molecule has 0 saturated carbocycles. The summed E-state index contributed by atoms with van der Waals surface area (Å²) in [6.07, 6.45) is 2.69. The molecular weight excluding hydrogens is 595 g/mol. The number of nitrogens with zero attached hydrogens (tertiary/aromatic N) is 1. The molecule has 0 unspecified atom stereocenters. The zero-order valence-corrected chi connectivity index (χ0v) is 29.0. The molecule has 1 fully saturated rings. The Morgan fingerprint density at radius 3 is 1.90 bits per heavy atom. The molecule has 0 N–H and O–H groups in total. The zero-order valence-electron chi connectivity index (χ0n) is 28.0. The molecule has 1 spiro atoms. The van der Waals surface area contributed by atoms with Gasteiger partial charge in [0.1, 0.15) is 8.07 Å². The second kappa shape index (κ2) is 10.0. The number of rotatable bonds is 2. The van der Waals surface area contributed by atoms with Gasteiger partial charge in [-0.3, -0.25) is 0 Å². The van der Waals surface area contributed by atoms with Crippen LogP contribution in [0, 0.1) is 6.92 Å². The highest BCUT2D eigenvalue weighted by molar-refractivity contribution is 7.05. The quantitative estimate of drug-likeness (QED) is 0.135. The maximum atomic E-state index is 2.65. The SMILES string of the molecule is Cc1ccc2c(N3c4ccccc4[Si]4(CCCC4)c4ccccc43)c3ccccc3c(-c3ccc4c(c3)C(C)(C)c3ccccc3-4)c2c1. The van der Waals surface area contributed by atoms with E-state index in [1.807, 2.05) is 0 Å². The summed E-state index contributed by atoms with van der Waals surface area (Å²) in [5.41, 5.74) is 13.5. The molecule has 1 saturated heterocycles. The van der Waals surface area contributed by atoms with Crippen molar-refractivity contribution in [2.45, 2.75) is 51.1 Å². The van der Waals surface area contributed by atoms with Crippen molar-refractivity contribution in [3.8, 4) is 22.3 Å². The van der Waals surface area contributed by atoms with Crippen LogP contribution in [-0.4, -0.2) is 8.07 Å². The molecule has 0 radical (unpaired) electrons. The van der Waals surface area contributed by atoms with Gasteiger partial charge in [0.25, 0.3) is 0 Å². The summed E-state index contributed by atoms with van der Waals surface area (Å²) >= 11 is 0. The highest BCUT2D eigenvalue weighted by Crippen LogP contribution is 2.53. The van der Waals surface area contributed by atoms with Gasteiger partial charge in [0.15, 0.2) is 0 Å². The third kappa shape index (κ3) is 3.67. The lowest BCUT2D eigenvalue weighted by molar-refractivity contribution is 0.660. The van der Waals surface area contributed by atoms with E-state index in [0.29, 0.717) is 0 Å². The molecule has 1 nitrogen and oxygen atoms in total. The number of aryl methyl sites for hydroxylation is 1. The Morgan fingerprint density at radius 2 is 1.15 bits per heavy atom. The van der Waals surface area contributed by atoms with Crippen LogP contribution in [0.15, 0.2) is 133 Å². The van der Waals surface area contributed by atoms with Crippen molar-refractivity contribution in [3.05, 3.63) is 150 Å². The van der Waals surface area contributed by atoms with E-state index in [0.717, 1.165) is 0 Å². The van der Waals surface area contributed by atoms with E-state index in [4.69, 9.17) is 0 Å². The molecule has 2 heterocycles. The van der Waals surface area contributed by atoms with Crippen LogP contribution in [0.3, 0.4) is 0 Å². The van der Waals surface area contributed by atoms with Crippen LogP contribution < -0.4 is 15.3 Å². The second-order valence-corrected chi connectivity index (χ2v) is 19.1. The van der Waals surface area contributed by atoms with Crippen molar-refractivity contribution >= 4 is 57.1 Å². The zero-order chi connectivity index (χ0) is 32.2. The fourth-order valence-electron chi connectivity index (χ4n) is 9.86. The van der Waals surface area contributed by atoms with Gasteiger partial charge >= 0.3 is 0 Å². The summed E-state index contributed by atoms with van der Waals surface area (Å²) < 4.78 is 0. The standard InChI is InChI=1S/C46H39NSi/c1-30-22-24-36-37(28-30)44(31-23-25-33-32-14-6-7-17-38(32)46(2,3)39(33)29-31)34-15-4-5-16-35(34)45(36)47-40-18-8-10-20-42(40)48(26-12-13-27-48)43-21-11-9-19-41(43)47/h4-11,14-25,28-29H,12-13,26-27H2,1-3H3. The number of para-hydroxylation sites is 2. The number of hydrogen-bond acceptors (Lipinski definition) is 1. The summed E-state index contributed by atoms with van der Waals surface area (Å²) in [5.74, 6) is 0. The van der Waals surface area contributed by atoms with Gasteiger partial charge in [-0.05, 0) is 91.7 Å². The Kier molecular flexibility index (Phi) is 5.88. The topological polar surface area (TPSA) is 3.24 Å². The van der Waals surface area contributed by atoms with Gasteiger partial charge in [-0.15, -0.1) is 0 Å². The number of hydrogen-bond donors (Lipinski definition) is 0. The Morgan fingerprint density at radius 1 is 0.542 bits per heavy atom. The minimum atomic E-state index is -1.84. The van der Waals surface area contributed by atoms with Crippen LogP contribution in [-0.2, 0) is 5.41 Å². The lowest BCUT2D eigenvalue weighted by Gasteiger charge is -2.43. The van der Waals surface area contributed by atoms with Gasteiger partial charge in [-0.2, -0.15) is 0 Å². The molecule has 0 amide bonds. The first kappa shape index (κ1) is 28.1. The van der Waals surface area contributed by atoms with Crippen molar-refractivity contribution in [3.63, 3.8) is 0 Å². The number of fused-ring (bicyclic) bond motifs is 9. The van der Waals surface area contributed by atoms with Crippen LogP contribution >= 0.6 is 0 Å². The van der Waals surface area contributed by atoms with Crippen LogP contribution in [0.1, 0.15) is 43.4 Å². The fourth-order valence-corrected chi connectivity index (χ4v) is 15.4. The lowest BCUT2D eigenvalue weighted by Crippen LogP contribution is -2.60. The molecular formula is C46H39NSi. The first-order valence-corrected chi connectivity index (χ1v) is 20.1. The Hall–Kier alpha value is -4.92. The maximum Gasteiger partial charge on any atom is 0.123 e. The molecule has 7 aromatic carbocycles. The average Bonchev–Trinajstić information content (AvgIpc) is 3.70. The molecule has 0 atom stereocenters. The summed E-state index contributed by atoms with van der Waals surface area (Å²) in [7, 11) is -1.84. The molecule has 2 aliphatic heterocycles. The van der Waals surface area contributed by atoms with Gasteiger partial charge in [0.05, 0.1) is 5.69 Å². The Labute approximate surface area is 284 Å². The predicted molar refractivity (Wildman–Crippen MR) is 208 cm³/mol. The second-order valence-electron chi connectivity index (χ2n) is 14.9. The first-order chi connectivity index (χ1) is 23.5. The first-order valence-electron chi connectivity index (χ1n) is 17.7. The van der Waals surface area contributed by atoms with Gasteiger partial charge in [0.2, 0.25) is 0 Å². The minimum absolute atomic E-state index is 0.0509. The molecule has 7 aromatic rings. The third-order valence-electron chi connectivity index (χ3n) is 12.0. The largest absolute Gasteiger partial charge is 0.309 e. The molecule has 232 valence electrons. The summed E-state index contributed by atoms with van der Waals surface area (Å²) in [4.78, 5) is 2.65. The molecule has 1 aliphatic carbocycles. The molecule has 0 bridgehead atoms. The molecule has 10 rings (SSSR count). The van der Waals surface area contributed by atoms with Crippen molar-refractivity contribution in [1.29, 1.82) is 0 Å². The van der Waals surface area contributed by atoms with Crippen molar-refractivity contribution in [1.82, 2.24) is 0 Å². The summed E-state index contributed by atoms with van der Waals surface area (Å²) in [6.45, 7) is 7.01. The number of benzene rings is 7. The highest BCUT2D eigenvalue weighted by Gasteiger charge is 2.47. The Bertz CT molecular complexity index is 2410. The summed E-state index contributed by atoms with van der Waals surface area (Å²) in [5, 5.41) is 8.49. The maximum absolute atomic E-state index is 2.65. The van der Waals surface area contributed by atoms with Crippen molar-refractivity contribution in [2.75, 3.05) is 4.90 Å². The van der Waals surface area contributed by atoms with Crippen molar-refractivity contribution in [2.24, 2.45) is 0 Å². The normalized spacial score (nSPS) is 16.6. The van der Waals surface area contributed by atoms with Gasteiger partial charge in [0, 0.05) is 27.6 Å². The molecule has 3 aliphatic rings. The minimum Gasteiger partial charge on any atom is -0.309 e. The fraction of sp³-hybridized carbons (Fsp3) is 0.174. The molecule has 2 heteroatoms. The van der Waals surface area contributed by atoms with E-state index in [1.54, 1.807) is 10.4 Å². The lowest BCUT2D eigenvalue weighted by atomic mass is 9.81. The van der Waals surface area contributed by atoms with Gasteiger partial charge in [-0.1, -0.05) is 148 Å². The molecule has 48 heavy (non-hydrogen) atoms. The Balaban J connectivity index is 1.29. The summed E-state index contributed by atoms with van der Waals surface area (Å²) in [6, 6.07) is 54.1. The monoisotopic (exact) mass is 633 g/mol. The van der Waals surface area contributed by atoms with E-state index in [1.165, 1.54) is 102 Å². The van der Waals surface area contributed by atoms with E-state index in [9.17, 15) is 0 Å². The average molecular weight is 634 g/mol. The third-order valence-corrected chi connectivity index (χ3v) is 17.3. The van der Waals surface area contributed by atoms with Crippen LogP contribution in [0.25, 0.3) is 43.8 Å². The van der Waals surface area contributed by atoms with Gasteiger partial charge in [-0.25, -0.2) is 0 Å². The van der Waals surface area contributed by atoms with E-state index >= 15 is 0 Å². The van der Waals surface area contributed by atoms with E-state index in [-0.39, 0.29) is 5.41 Å². The van der Waals surface area contributed by atoms with Crippen molar-refractivity contribution < 1.29 is 0 Å². The molecule has 0 aromatic heterocycles.